The largest absolute Gasteiger partial charge is 0.506 e. The number of ketones is 1. The Kier molecular flexibility index (Phi) is 13.8. The second-order valence-corrected chi connectivity index (χ2v) is 16.8. The lowest BCUT2D eigenvalue weighted by atomic mass is 9.83. The van der Waals surface area contributed by atoms with Gasteiger partial charge >= 0.3 is 6.09 Å². The zero-order valence-corrected chi connectivity index (χ0v) is 35.3. The van der Waals surface area contributed by atoms with Crippen LogP contribution < -0.4 is 25.7 Å². The molecule has 326 valence electrons. The van der Waals surface area contributed by atoms with Crippen molar-refractivity contribution in [2.45, 2.75) is 50.5 Å². The minimum atomic E-state index is -0.811. The molecule has 0 spiro atoms. The Morgan fingerprint density at radius 3 is 2.32 bits per heavy atom. The third-order valence-electron chi connectivity index (χ3n) is 12.4. The Hall–Kier alpha value is -6.47. The maximum absolute atomic E-state index is 13.7. The van der Waals surface area contributed by atoms with Crippen molar-refractivity contribution in [3.05, 3.63) is 172 Å². The summed E-state index contributed by atoms with van der Waals surface area (Å²) in [6, 6.07) is 40.5. The Balaban J connectivity index is 0.810. The fourth-order valence-corrected chi connectivity index (χ4v) is 9.01. The number of nitrogens with zero attached hydrogens (tertiary/aromatic N) is 1. The number of quaternary nitrogens is 1. The average molecular weight is 852 g/mol. The summed E-state index contributed by atoms with van der Waals surface area (Å²) in [4.78, 5) is 41.3. The predicted octanol–water partition coefficient (Wildman–Crippen LogP) is 7.60. The van der Waals surface area contributed by atoms with Gasteiger partial charge in [0.05, 0.1) is 37.4 Å². The number of rotatable bonds is 19. The lowest BCUT2D eigenvalue weighted by Crippen LogP contribution is -2.66. The molecule has 0 radical (unpaired) electrons. The number of hydrogen-bond acceptors (Lipinski definition) is 9. The Morgan fingerprint density at radius 2 is 1.52 bits per heavy atom. The molecule has 5 aromatic carbocycles. The molecule has 3 saturated heterocycles. The quantitative estimate of drug-likeness (QED) is 0.0314. The fourth-order valence-electron chi connectivity index (χ4n) is 9.01. The van der Waals surface area contributed by atoms with E-state index in [9.17, 15) is 24.6 Å². The monoisotopic (exact) mass is 851 g/mol. The summed E-state index contributed by atoms with van der Waals surface area (Å²) in [7, 11) is 0. The first-order valence-corrected chi connectivity index (χ1v) is 21.9. The molecule has 0 saturated carbocycles. The number of aromatic amines is 1. The highest BCUT2D eigenvalue weighted by Crippen LogP contribution is 2.36. The first kappa shape index (κ1) is 43.2. The zero-order chi connectivity index (χ0) is 43.6. The van der Waals surface area contributed by atoms with E-state index in [0.29, 0.717) is 66.1 Å². The molecular weight excluding hydrogens is 797 g/mol. The molecular formula is C51H55N4O8+. The number of piperidine rings is 3. The number of phenolic OH excluding ortho intramolecular Hbond substituents is 1. The van der Waals surface area contributed by atoms with Crippen LogP contribution in [0.5, 0.6) is 17.2 Å². The average Bonchev–Trinajstić information content (AvgIpc) is 3.31. The maximum atomic E-state index is 13.7. The van der Waals surface area contributed by atoms with Crippen molar-refractivity contribution in [1.82, 2.24) is 15.6 Å². The van der Waals surface area contributed by atoms with E-state index in [4.69, 9.17) is 14.2 Å². The lowest BCUT2D eigenvalue weighted by molar-refractivity contribution is -0.938. The Morgan fingerprint density at radius 1 is 0.794 bits per heavy atom. The summed E-state index contributed by atoms with van der Waals surface area (Å²) in [5.74, 6) is 1.78. The topological polar surface area (TPSA) is 159 Å². The number of carbonyl (C=O) groups excluding carboxylic acids is 2. The highest BCUT2D eigenvalue weighted by Gasteiger charge is 2.48. The number of alkyl carbamates (subject to hydrolysis) is 1. The molecule has 12 nitrogen and oxygen atoms in total. The molecule has 5 N–H and O–H groups in total. The second-order valence-electron chi connectivity index (χ2n) is 16.8. The second kappa shape index (κ2) is 20.1. The van der Waals surface area contributed by atoms with Crippen LogP contribution in [0.15, 0.2) is 138 Å². The number of hydrogen-bond donors (Lipinski definition) is 5. The first-order chi connectivity index (χ1) is 30.7. The van der Waals surface area contributed by atoms with E-state index in [1.165, 1.54) is 12.1 Å². The summed E-state index contributed by atoms with van der Waals surface area (Å²) in [5.41, 5.74) is 4.06. The molecule has 63 heavy (non-hydrogen) atoms. The molecule has 4 heterocycles. The van der Waals surface area contributed by atoms with Crippen molar-refractivity contribution in [3.63, 3.8) is 0 Å². The summed E-state index contributed by atoms with van der Waals surface area (Å²) in [6.45, 7) is 4.74. The predicted molar refractivity (Wildman–Crippen MR) is 241 cm³/mol. The van der Waals surface area contributed by atoms with Gasteiger partial charge in [0.1, 0.15) is 36.9 Å². The van der Waals surface area contributed by atoms with Crippen LogP contribution in [0.1, 0.15) is 70.4 Å². The van der Waals surface area contributed by atoms with Crippen LogP contribution in [0.25, 0.3) is 10.9 Å². The first-order valence-electron chi connectivity index (χ1n) is 21.9. The van der Waals surface area contributed by atoms with Crippen LogP contribution in [-0.4, -0.2) is 83.5 Å². The third-order valence-corrected chi connectivity index (χ3v) is 12.4. The van der Waals surface area contributed by atoms with Crippen LogP contribution >= 0.6 is 0 Å². The van der Waals surface area contributed by atoms with Crippen molar-refractivity contribution in [2.24, 2.45) is 5.92 Å². The molecule has 1 amide bonds. The van der Waals surface area contributed by atoms with E-state index in [0.717, 1.165) is 66.8 Å². The van der Waals surface area contributed by atoms with Crippen molar-refractivity contribution >= 4 is 22.8 Å². The van der Waals surface area contributed by atoms with E-state index in [1.807, 2.05) is 109 Å². The van der Waals surface area contributed by atoms with E-state index >= 15 is 0 Å². The molecule has 0 aliphatic carbocycles. The van der Waals surface area contributed by atoms with Crippen molar-refractivity contribution in [3.8, 4) is 17.2 Å². The van der Waals surface area contributed by atoms with Crippen LogP contribution in [-0.2, 0) is 11.3 Å². The number of Topliss-reactive ketones (excluding diaryl/α,β-unsaturated/α-hetero) is 1. The van der Waals surface area contributed by atoms with E-state index in [2.05, 4.69) is 15.6 Å². The number of ether oxygens (including phenoxy) is 3. The van der Waals surface area contributed by atoms with Gasteiger partial charge in [-0.3, -0.25) is 9.59 Å². The van der Waals surface area contributed by atoms with Gasteiger partial charge < -0.3 is 44.5 Å². The molecule has 3 aliphatic heterocycles. The molecule has 6 aromatic rings. The van der Waals surface area contributed by atoms with Crippen molar-refractivity contribution < 1.29 is 38.5 Å². The number of aliphatic hydroxyl groups excluding tert-OH is 1. The number of benzene rings is 5. The Bertz CT molecular complexity index is 2540. The number of aliphatic hydroxyl groups is 1. The summed E-state index contributed by atoms with van der Waals surface area (Å²) >= 11 is 0. The number of nitrogens with one attached hydrogen (secondary N) is 3. The molecule has 3 atom stereocenters. The number of H-pyrrole nitrogens is 1. The van der Waals surface area contributed by atoms with Gasteiger partial charge in [0.2, 0.25) is 11.3 Å². The molecule has 12 heteroatoms. The van der Waals surface area contributed by atoms with Gasteiger partial charge in [-0.25, -0.2) is 4.79 Å². The number of phenols is 1. The number of aromatic hydroxyl groups is 1. The normalized spacial score (nSPS) is 18.9. The van der Waals surface area contributed by atoms with Crippen LogP contribution in [0.2, 0.25) is 0 Å². The summed E-state index contributed by atoms with van der Waals surface area (Å²) in [6.07, 6.45) is 1.95. The molecule has 9 rings (SSSR count). The summed E-state index contributed by atoms with van der Waals surface area (Å²) < 4.78 is 19.2. The standard InChI is InChI=1S/C51H54N4O8/c56-44-21-19-42(43-20-22-48(59)53-50(43)44)45(57)31-52-25-7-8-28-61-40-17-9-11-35(29-40)34-62-41-18-10-16-39(30-41)49(38-14-5-2-6-15-38)54-51(60)63-47-33-55(26-23-37(47)24-27-55)32-46(58)36-12-3-1-4-13-36/h1-6,9-22,29-30,37,45,47,49,52,57H,7-8,23-28,31-34H2,(H2-,53,54,56,59,60)/p+1/t37?,45-,47+,49?,55?/m1/s1. The van der Waals surface area contributed by atoms with Gasteiger partial charge in [-0.15, -0.1) is 0 Å². The number of unbranched alkanes of at least 4 members (excludes halogenated alkanes) is 1. The molecule has 2 bridgehead atoms. The van der Waals surface area contributed by atoms with Gasteiger partial charge in [0.25, 0.3) is 0 Å². The van der Waals surface area contributed by atoms with E-state index in [-0.39, 0.29) is 29.1 Å². The molecule has 3 fully saturated rings. The molecule has 1 aromatic heterocycles. The van der Waals surface area contributed by atoms with Crippen LogP contribution in [0.4, 0.5) is 4.79 Å². The number of pyridine rings is 1. The lowest BCUT2D eigenvalue weighted by Gasteiger charge is -2.51. The van der Waals surface area contributed by atoms with Gasteiger partial charge in [0.15, 0.2) is 6.10 Å². The number of carbonyl (C=O) groups is 2. The number of aromatic nitrogens is 1. The minimum absolute atomic E-state index is 0.0382. The maximum Gasteiger partial charge on any atom is 0.408 e. The molecule has 1 unspecified atom stereocenters. The van der Waals surface area contributed by atoms with Gasteiger partial charge in [-0.05, 0) is 78.0 Å². The zero-order valence-electron chi connectivity index (χ0n) is 35.3. The fraction of sp³-hybridized carbons (Fsp3) is 0.314. The van der Waals surface area contributed by atoms with Gasteiger partial charge in [-0.2, -0.15) is 0 Å². The molecule has 3 aliphatic rings. The van der Waals surface area contributed by atoms with E-state index in [1.54, 1.807) is 12.1 Å². The Labute approximate surface area is 367 Å². The minimum Gasteiger partial charge on any atom is -0.506 e. The van der Waals surface area contributed by atoms with Gasteiger partial charge in [0, 0.05) is 42.3 Å². The smallest absolute Gasteiger partial charge is 0.408 e. The third kappa shape index (κ3) is 11.0. The highest BCUT2D eigenvalue weighted by molar-refractivity contribution is 5.97. The highest BCUT2D eigenvalue weighted by atomic mass is 16.6. The summed E-state index contributed by atoms with van der Waals surface area (Å²) in [5, 5.41) is 28.0. The SMILES string of the molecule is O=C(NC(c1ccccc1)c1cccc(OCc2cccc(OCCCCNC[C@@H](O)c3ccc(O)c4[nH]c(=O)ccc34)c2)c1)O[C@H]1C[N+]2(CC(=O)c3ccccc3)CCC1CC2. The van der Waals surface area contributed by atoms with Crippen LogP contribution in [0.3, 0.4) is 0 Å². The number of amides is 1. The van der Waals surface area contributed by atoms with Gasteiger partial charge in [-0.1, -0.05) is 91.0 Å². The number of fused-ring (bicyclic) bond motifs is 4. The van der Waals surface area contributed by atoms with Crippen molar-refractivity contribution in [2.75, 3.05) is 45.9 Å². The van der Waals surface area contributed by atoms with E-state index < -0.39 is 18.2 Å². The van der Waals surface area contributed by atoms with Crippen LogP contribution in [0, 0.1) is 5.92 Å². The van der Waals surface area contributed by atoms with Crippen molar-refractivity contribution in [1.29, 1.82) is 0 Å².